The van der Waals surface area contributed by atoms with Crippen LogP contribution in [0, 0.1) is 11.2 Å². The van der Waals surface area contributed by atoms with Crippen molar-refractivity contribution in [2.75, 3.05) is 26.2 Å². The molecule has 0 spiro atoms. The normalized spacial score (nSPS) is 19.1. The lowest BCUT2D eigenvalue weighted by atomic mass is 10.1. The van der Waals surface area contributed by atoms with Gasteiger partial charge >= 0.3 is 5.97 Å². The van der Waals surface area contributed by atoms with E-state index in [0.717, 1.165) is 6.07 Å². The number of carboxylic acid groups (broad SMARTS) is 1. The minimum Gasteiger partial charge on any atom is -0.480 e. The molecule has 1 saturated heterocycles. The Balaban J connectivity index is 1.64. The molecule has 2 fully saturated rings. The highest BCUT2D eigenvalue weighted by Gasteiger charge is 2.58. The minimum atomic E-state index is -1.27. The lowest BCUT2D eigenvalue weighted by Crippen LogP contribution is -2.53. The molecule has 0 radical (unpaired) electrons. The van der Waals surface area contributed by atoms with Crippen molar-refractivity contribution in [2.45, 2.75) is 12.8 Å². The molecule has 0 atom stereocenters. The Morgan fingerprint density at radius 3 is 2.17 bits per heavy atom. The highest BCUT2D eigenvalue weighted by molar-refractivity contribution is 6.30. The van der Waals surface area contributed by atoms with Crippen molar-refractivity contribution in [2.24, 2.45) is 5.41 Å². The zero-order valence-electron chi connectivity index (χ0n) is 12.8. The molecule has 1 heterocycles. The summed E-state index contributed by atoms with van der Waals surface area (Å²) < 4.78 is 13.9. The second-order valence-corrected chi connectivity index (χ2v) is 6.53. The standard InChI is InChI=1S/C16H16ClFN2O4/c17-10-1-2-11(12(18)9-10)13(21)19-5-7-20(8-6-19)14(22)16(3-4-16)15(23)24/h1-2,9H,3-8H2,(H,23,24). The Labute approximate surface area is 142 Å². The van der Waals surface area contributed by atoms with Crippen molar-refractivity contribution < 1.29 is 23.9 Å². The zero-order chi connectivity index (χ0) is 17.5. The zero-order valence-corrected chi connectivity index (χ0v) is 13.6. The van der Waals surface area contributed by atoms with Crippen LogP contribution >= 0.6 is 11.6 Å². The molecular formula is C16H16ClFN2O4. The van der Waals surface area contributed by atoms with Gasteiger partial charge in [-0.1, -0.05) is 11.6 Å². The summed E-state index contributed by atoms with van der Waals surface area (Å²) in [6.07, 6.45) is 0.715. The maximum Gasteiger partial charge on any atom is 0.319 e. The van der Waals surface area contributed by atoms with Gasteiger partial charge in [-0.3, -0.25) is 14.4 Å². The molecule has 2 aliphatic rings. The first-order chi connectivity index (χ1) is 11.3. The second kappa shape index (κ2) is 6.05. The number of carbonyl (C=O) groups excluding carboxylic acids is 2. The van der Waals surface area contributed by atoms with E-state index >= 15 is 0 Å². The van der Waals surface area contributed by atoms with E-state index in [1.54, 1.807) is 0 Å². The van der Waals surface area contributed by atoms with Crippen molar-refractivity contribution in [3.05, 3.63) is 34.6 Å². The first-order valence-corrected chi connectivity index (χ1v) is 8.00. The summed E-state index contributed by atoms with van der Waals surface area (Å²) in [5.41, 5.74) is -1.34. The summed E-state index contributed by atoms with van der Waals surface area (Å²) in [6, 6.07) is 3.86. The number of halogens is 2. The molecule has 6 nitrogen and oxygen atoms in total. The summed E-state index contributed by atoms with van der Waals surface area (Å²) in [6.45, 7) is 0.967. The number of hydrogen-bond donors (Lipinski definition) is 1. The minimum absolute atomic E-state index is 0.0663. The molecule has 24 heavy (non-hydrogen) atoms. The fourth-order valence-electron chi connectivity index (χ4n) is 2.89. The van der Waals surface area contributed by atoms with Gasteiger partial charge in [0.25, 0.3) is 5.91 Å². The first kappa shape index (κ1) is 16.7. The average Bonchev–Trinajstić information content (AvgIpc) is 3.36. The Morgan fingerprint density at radius 2 is 1.67 bits per heavy atom. The van der Waals surface area contributed by atoms with Crippen LogP contribution in [0.4, 0.5) is 4.39 Å². The monoisotopic (exact) mass is 354 g/mol. The van der Waals surface area contributed by atoms with E-state index in [0.29, 0.717) is 12.8 Å². The van der Waals surface area contributed by atoms with Gasteiger partial charge in [-0.15, -0.1) is 0 Å². The summed E-state index contributed by atoms with van der Waals surface area (Å²) in [4.78, 5) is 38.9. The largest absolute Gasteiger partial charge is 0.480 e. The van der Waals surface area contributed by atoms with Crippen molar-refractivity contribution in [3.63, 3.8) is 0 Å². The molecule has 2 amide bonds. The van der Waals surface area contributed by atoms with Crippen LogP contribution in [-0.4, -0.2) is 58.9 Å². The summed E-state index contributed by atoms with van der Waals surface area (Å²) in [7, 11) is 0. The van der Waals surface area contributed by atoms with Crippen LogP contribution < -0.4 is 0 Å². The molecular weight excluding hydrogens is 339 g/mol. The van der Waals surface area contributed by atoms with Crippen LogP contribution in [-0.2, 0) is 9.59 Å². The van der Waals surface area contributed by atoms with E-state index in [4.69, 9.17) is 11.6 Å². The average molecular weight is 355 g/mol. The Morgan fingerprint density at radius 1 is 1.08 bits per heavy atom. The van der Waals surface area contributed by atoms with Gasteiger partial charge in [0.1, 0.15) is 11.2 Å². The van der Waals surface area contributed by atoms with Crippen LogP contribution in [0.2, 0.25) is 5.02 Å². The number of aliphatic carboxylic acids is 1. The molecule has 1 aliphatic heterocycles. The van der Waals surface area contributed by atoms with Gasteiger partial charge in [-0.25, -0.2) is 4.39 Å². The Hall–Kier alpha value is -2.15. The molecule has 1 saturated carbocycles. The van der Waals surface area contributed by atoms with E-state index in [1.807, 2.05) is 0 Å². The third-order valence-corrected chi connectivity index (χ3v) is 4.82. The van der Waals surface area contributed by atoms with Gasteiger partial charge in [-0.05, 0) is 31.0 Å². The number of carbonyl (C=O) groups is 3. The van der Waals surface area contributed by atoms with Crippen LogP contribution in [0.15, 0.2) is 18.2 Å². The quantitative estimate of drug-likeness (QED) is 0.837. The van der Waals surface area contributed by atoms with Crippen molar-refractivity contribution in [1.82, 2.24) is 9.80 Å². The Kier molecular flexibility index (Phi) is 4.21. The molecule has 8 heteroatoms. The van der Waals surface area contributed by atoms with E-state index in [9.17, 15) is 23.9 Å². The molecule has 1 aliphatic carbocycles. The fraction of sp³-hybridized carbons (Fsp3) is 0.438. The van der Waals surface area contributed by atoms with Gasteiger partial charge in [0.2, 0.25) is 5.91 Å². The number of piperazine rings is 1. The molecule has 0 unspecified atom stereocenters. The predicted octanol–water partition coefficient (Wildman–Crippen LogP) is 1.63. The maximum atomic E-state index is 13.9. The molecule has 128 valence electrons. The number of benzene rings is 1. The summed E-state index contributed by atoms with van der Waals surface area (Å²) in [5, 5.41) is 9.39. The predicted molar refractivity (Wildman–Crippen MR) is 83.2 cm³/mol. The number of rotatable bonds is 3. The SMILES string of the molecule is O=C(c1ccc(Cl)cc1F)N1CCN(C(=O)C2(C(=O)O)CC2)CC1. The summed E-state index contributed by atoms with van der Waals surface area (Å²) >= 11 is 5.68. The molecule has 1 aromatic rings. The van der Waals surface area contributed by atoms with Gasteiger partial charge in [-0.2, -0.15) is 0 Å². The van der Waals surface area contributed by atoms with E-state index in [2.05, 4.69) is 0 Å². The third kappa shape index (κ3) is 2.84. The molecule has 0 aromatic heterocycles. The van der Waals surface area contributed by atoms with Crippen LogP contribution in [0.1, 0.15) is 23.2 Å². The smallest absolute Gasteiger partial charge is 0.319 e. The third-order valence-electron chi connectivity index (χ3n) is 4.58. The van der Waals surface area contributed by atoms with Gasteiger partial charge in [0.05, 0.1) is 5.56 Å². The van der Waals surface area contributed by atoms with E-state index in [-0.39, 0.29) is 42.7 Å². The van der Waals surface area contributed by atoms with Crippen molar-refractivity contribution in [3.8, 4) is 0 Å². The Bertz CT molecular complexity index is 712. The number of nitrogens with zero attached hydrogens (tertiary/aromatic N) is 2. The van der Waals surface area contributed by atoms with E-state index in [1.165, 1.54) is 21.9 Å². The topological polar surface area (TPSA) is 77.9 Å². The fourth-order valence-corrected chi connectivity index (χ4v) is 3.05. The molecule has 0 bridgehead atoms. The number of amides is 2. The number of carboxylic acids is 1. The second-order valence-electron chi connectivity index (χ2n) is 6.10. The van der Waals surface area contributed by atoms with Crippen LogP contribution in [0.5, 0.6) is 0 Å². The maximum absolute atomic E-state index is 13.9. The van der Waals surface area contributed by atoms with Crippen LogP contribution in [0.3, 0.4) is 0 Å². The van der Waals surface area contributed by atoms with E-state index < -0.39 is 23.1 Å². The lowest BCUT2D eigenvalue weighted by Gasteiger charge is -2.36. The van der Waals surface area contributed by atoms with Gasteiger partial charge in [0, 0.05) is 31.2 Å². The highest BCUT2D eigenvalue weighted by atomic mass is 35.5. The molecule has 1 N–H and O–H groups in total. The molecule has 1 aromatic carbocycles. The summed E-state index contributed by atoms with van der Waals surface area (Å²) in [5.74, 6) is -2.63. The first-order valence-electron chi connectivity index (χ1n) is 7.62. The van der Waals surface area contributed by atoms with Gasteiger partial charge < -0.3 is 14.9 Å². The van der Waals surface area contributed by atoms with Crippen LogP contribution in [0.25, 0.3) is 0 Å². The van der Waals surface area contributed by atoms with Gasteiger partial charge in [0.15, 0.2) is 0 Å². The number of hydrogen-bond acceptors (Lipinski definition) is 3. The lowest BCUT2D eigenvalue weighted by molar-refractivity contribution is -0.154. The molecule has 3 rings (SSSR count). The van der Waals surface area contributed by atoms with Crippen molar-refractivity contribution in [1.29, 1.82) is 0 Å². The highest BCUT2D eigenvalue weighted by Crippen LogP contribution is 2.47. The van der Waals surface area contributed by atoms with Crippen molar-refractivity contribution >= 4 is 29.4 Å².